The van der Waals surface area contributed by atoms with E-state index in [-0.39, 0.29) is 0 Å². The largest absolute Gasteiger partial charge is 0.321 e. The Labute approximate surface area is 76.7 Å². The molecule has 1 aromatic heterocycles. The first-order chi connectivity index (χ1) is 5.77. The Kier molecular flexibility index (Phi) is 2.07. The summed E-state index contributed by atoms with van der Waals surface area (Å²) in [5.74, 6) is 1.01. The van der Waals surface area contributed by atoms with E-state index >= 15 is 0 Å². The van der Waals surface area contributed by atoms with Gasteiger partial charge in [-0.25, -0.2) is 4.98 Å². The van der Waals surface area contributed by atoms with Gasteiger partial charge in [0.1, 0.15) is 11.0 Å². The van der Waals surface area contributed by atoms with Crippen LogP contribution in [0.25, 0.3) is 0 Å². The van der Waals surface area contributed by atoms with E-state index in [2.05, 4.69) is 10.3 Å². The molecule has 1 aliphatic rings. The van der Waals surface area contributed by atoms with Gasteiger partial charge in [-0.05, 0) is 12.8 Å². The minimum atomic E-state index is 0.697. The van der Waals surface area contributed by atoms with Crippen molar-refractivity contribution in [3.8, 4) is 0 Å². The third-order valence-electron chi connectivity index (χ3n) is 2.15. The average Bonchev–Trinajstić information content (AvgIpc) is 2.82. The molecular weight excluding hydrogens is 174 g/mol. The average molecular weight is 186 g/mol. The van der Waals surface area contributed by atoms with Crippen molar-refractivity contribution >= 4 is 11.6 Å². The molecule has 0 unspecified atom stereocenters. The van der Waals surface area contributed by atoms with E-state index < -0.39 is 0 Å². The fourth-order valence-electron chi connectivity index (χ4n) is 1.11. The molecule has 1 fully saturated rings. The van der Waals surface area contributed by atoms with Gasteiger partial charge in [0.15, 0.2) is 0 Å². The molecule has 0 spiro atoms. The van der Waals surface area contributed by atoms with Crippen LogP contribution in [0, 0.1) is 0 Å². The van der Waals surface area contributed by atoms with E-state index in [1.165, 1.54) is 12.8 Å². The standard InChI is InChI=1S/C8H12ClN3/c1-12-7(9)4-11-8(12)5-10-6-2-3-6/h4,6,10H,2-3,5H2,1H3. The quantitative estimate of drug-likeness (QED) is 0.770. The van der Waals surface area contributed by atoms with Crippen LogP contribution in [-0.2, 0) is 13.6 Å². The predicted octanol–water partition coefficient (Wildman–Crippen LogP) is 1.33. The normalized spacial score (nSPS) is 16.8. The molecule has 0 atom stereocenters. The van der Waals surface area contributed by atoms with Crippen molar-refractivity contribution in [3.63, 3.8) is 0 Å². The van der Waals surface area contributed by atoms with Gasteiger partial charge in [0.25, 0.3) is 0 Å². The van der Waals surface area contributed by atoms with Gasteiger partial charge in [0.05, 0.1) is 12.7 Å². The zero-order chi connectivity index (χ0) is 8.55. The highest BCUT2D eigenvalue weighted by atomic mass is 35.5. The summed E-state index contributed by atoms with van der Waals surface area (Å²) in [5, 5.41) is 4.08. The van der Waals surface area contributed by atoms with Gasteiger partial charge in [0.2, 0.25) is 0 Å². The van der Waals surface area contributed by atoms with Crippen molar-refractivity contribution in [2.24, 2.45) is 7.05 Å². The van der Waals surface area contributed by atoms with E-state index in [0.717, 1.165) is 18.4 Å². The zero-order valence-electron chi connectivity index (χ0n) is 7.05. The molecule has 0 aromatic carbocycles. The van der Waals surface area contributed by atoms with Gasteiger partial charge in [-0.3, -0.25) is 0 Å². The second-order valence-corrected chi connectivity index (χ2v) is 3.60. The smallest absolute Gasteiger partial charge is 0.128 e. The summed E-state index contributed by atoms with van der Waals surface area (Å²) in [6.45, 7) is 0.827. The molecule has 1 N–H and O–H groups in total. The molecule has 1 heterocycles. The lowest BCUT2D eigenvalue weighted by atomic mass is 10.5. The third kappa shape index (κ3) is 1.62. The summed E-state index contributed by atoms with van der Waals surface area (Å²) >= 11 is 5.83. The van der Waals surface area contributed by atoms with Gasteiger partial charge in [-0.15, -0.1) is 0 Å². The van der Waals surface area contributed by atoms with Crippen LogP contribution < -0.4 is 5.32 Å². The Morgan fingerprint density at radius 3 is 3.00 bits per heavy atom. The molecule has 0 aliphatic heterocycles. The number of hydrogen-bond acceptors (Lipinski definition) is 2. The van der Waals surface area contributed by atoms with E-state index in [1.807, 2.05) is 11.6 Å². The molecule has 1 saturated carbocycles. The molecular formula is C8H12ClN3. The fraction of sp³-hybridized carbons (Fsp3) is 0.625. The van der Waals surface area contributed by atoms with Crippen LogP contribution in [0.2, 0.25) is 5.15 Å². The molecule has 0 radical (unpaired) electrons. The van der Waals surface area contributed by atoms with E-state index in [4.69, 9.17) is 11.6 Å². The summed E-state index contributed by atoms with van der Waals surface area (Å²) in [7, 11) is 1.93. The molecule has 2 rings (SSSR count). The lowest BCUT2D eigenvalue weighted by Gasteiger charge is -2.02. The van der Waals surface area contributed by atoms with Crippen molar-refractivity contribution < 1.29 is 0 Å². The third-order valence-corrected chi connectivity index (χ3v) is 2.51. The van der Waals surface area contributed by atoms with Crippen molar-refractivity contribution in [1.82, 2.24) is 14.9 Å². The minimum absolute atomic E-state index is 0.697. The molecule has 66 valence electrons. The van der Waals surface area contributed by atoms with Crippen LogP contribution in [0.15, 0.2) is 6.20 Å². The second kappa shape index (κ2) is 3.07. The topological polar surface area (TPSA) is 29.9 Å². The van der Waals surface area contributed by atoms with Crippen molar-refractivity contribution in [2.45, 2.75) is 25.4 Å². The second-order valence-electron chi connectivity index (χ2n) is 3.21. The maximum absolute atomic E-state index is 5.83. The van der Waals surface area contributed by atoms with Crippen LogP contribution in [0.4, 0.5) is 0 Å². The maximum Gasteiger partial charge on any atom is 0.128 e. The maximum atomic E-state index is 5.83. The number of nitrogens with zero attached hydrogens (tertiary/aromatic N) is 2. The van der Waals surface area contributed by atoms with Gasteiger partial charge >= 0.3 is 0 Å². The Hall–Kier alpha value is -0.540. The summed E-state index contributed by atoms with van der Waals surface area (Å²) < 4.78 is 1.90. The van der Waals surface area contributed by atoms with Gasteiger partial charge < -0.3 is 9.88 Å². The SMILES string of the molecule is Cn1c(Cl)cnc1CNC1CC1. The molecule has 0 saturated heterocycles. The highest BCUT2D eigenvalue weighted by molar-refractivity contribution is 6.29. The zero-order valence-corrected chi connectivity index (χ0v) is 7.80. The Morgan fingerprint density at radius 2 is 2.50 bits per heavy atom. The van der Waals surface area contributed by atoms with Gasteiger partial charge in [-0.1, -0.05) is 11.6 Å². The molecule has 1 aliphatic carbocycles. The molecule has 1 aromatic rings. The summed E-state index contributed by atoms with van der Waals surface area (Å²) in [6, 6.07) is 0.723. The number of rotatable bonds is 3. The summed E-state index contributed by atoms with van der Waals surface area (Å²) in [5.41, 5.74) is 0. The number of halogens is 1. The molecule has 12 heavy (non-hydrogen) atoms. The predicted molar refractivity (Wildman–Crippen MR) is 48.1 cm³/mol. The highest BCUT2D eigenvalue weighted by Gasteiger charge is 2.20. The minimum Gasteiger partial charge on any atom is -0.321 e. The molecule has 0 bridgehead atoms. The van der Waals surface area contributed by atoms with E-state index in [0.29, 0.717) is 5.15 Å². The molecule has 3 nitrogen and oxygen atoms in total. The molecule has 0 amide bonds. The van der Waals surface area contributed by atoms with Crippen LogP contribution in [-0.4, -0.2) is 15.6 Å². The monoisotopic (exact) mass is 185 g/mol. The van der Waals surface area contributed by atoms with E-state index in [1.54, 1.807) is 6.20 Å². The lowest BCUT2D eigenvalue weighted by molar-refractivity contribution is 0.635. The number of aromatic nitrogens is 2. The Bertz CT molecular complexity index is 278. The van der Waals surface area contributed by atoms with Gasteiger partial charge in [0, 0.05) is 13.1 Å². The number of hydrogen-bond donors (Lipinski definition) is 1. The summed E-state index contributed by atoms with van der Waals surface area (Å²) in [6.07, 6.45) is 4.29. The van der Waals surface area contributed by atoms with E-state index in [9.17, 15) is 0 Å². The summed E-state index contributed by atoms with van der Waals surface area (Å²) in [4.78, 5) is 4.18. The lowest BCUT2D eigenvalue weighted by Crippen LogP contribution is -2.18. The first-order valence-corrected chi connectivity index (χ1v) is 4.54. The van der Waals surface area contributed by atoms with Crippen molar-refractivity contribution in [2.75, 3.05) is 0 Å². The first-order valence-electron chi connectivity index (χ1n) is 4.17. The number of nitrogens with one attached hydrogen (secondary N) is 1. The van der Waals surface area contributed by atoms with Crippen LogP contribution in [0.5, 0.6) is 0 Å². The van der Waals surface area contributed by atoms with Crippen LogP contribution in [0.1, 0.15) is 18.7 Å². The molecule has 4 heteroatoms. The van der Waals surface area contributed by atoms with Gasteiger partial charge in [-0.2, -0.15) is 0 Å². The first kappa shape index (κ1) is 8.08. The van der Waals surface area contributed by atoms with Crippen LogP contribution >= 0.6 is 11.6 Å². The van der Waals surface area contributed by atoms with Crippen molar-refractivity contribution in [3.05, 3.63) is 17.2 Å². The fourth-order valence-corrected chi connectivity index (χ4v) is 1.26. The van der Waals surface area contributed by atoms with Crippen LogP contribution in [0.3, 0.4) is 0 Å². The van der Waals surface area contributed by atoms with Crippen molar-refractivity contribution in [1.29, 1.82) is 0 Å². The Balaban J connectivity index is 1.96. The highest BCUT2D eigenvalue weighted by Crippen LogP contribution is 2.19. The Morgan fingerprint density at radius 1 is 1.75 bits per heavy atom. The number of imidazole rings is 1.